The second kappa shape index (κ2) is 14.7. The third kappa shape index (κ3) is 6.57. The number of alkyl halides is 1. The molecule has 5 heterocycles. The average Bonchev–Trinajstić information content (AvgIpc) is 4.02. The third-order valence-electron chi connectivity index (χ3n) is 11.8. The number of aryl methyl sites for hydroxylation is 8. The van der Waals surface area contributed by atoms with Crippen LogP contribution >= 0.6 is 15.9 Å². The molecule has 0 saturated heterocycles. The first-order valence-corrected chi connectivity index (χ1v) is 21.3. The van der Waals surface area contributed by atoms with E-state index in [0.717, 1.165) is 77.4 Å². The van der Waals surface area contributed by atoms with Gasteiger partial charge in [0.25, 0.3) is 0 Å². The van der Waals surface area contributed by atoms with E-state index in [9.17, 15) is 0 Å². The predicted molar refractivity (Wildman–Crippen MR) is 244 cm³/mol. The molecule has 0 unspecified atom stereocenters. The summed E-state index contributed by atoms with van der Waals surface area (Å²) in [7, 11) is 0. The van der Waals surface area contributed by atoms with E-state index in [1.54, 1.807) is 0 Å². The molecule has 5 heteroatoms. The quantitative estimate of drug-likeness (QED) is 0.125. The van der Waals surface area contributed by atoms with Crippen LogP contribution in [0.25, 0.3) is 22.3 Å². The summed E-state index contributed by atoms with van der Waals surface area (Å²) < 4.78 is 0. The first kappa shape index (κ1) is 37.5. The number of aromatic nitrogens is 4. The summed E-state index contributed by atoms with van der Waals surface area (Å²) >= 11 is 3.66. The van der Waals surface area contributed by atoms with Crippen LogP contribution in [0.2, 0.25) is 0 Å². The first-order chi connectivity index (χ1) is 28.0. The molecular formula is C53H49BrN4. The van der Waals surface area contributed by atoms with E-state index in [2.05, 4.69) is 207 Å². The van der Waals surface area contributed by atoms with E-state index in [1.165, 1.54) is 66.8 Å². The van der Waals surface area contributed by atoms with Crippen LogP contribution in [0.4, 0.5) is 0 Å². The van der Waals surface area contributed by atoms with E-state index in [1.807, 2.05) is 0 Å². The van der Waals surface area contributed by atoms with Gasteiger partial charge in [-0.25, -0.2) is 0 Å². The van der Waals surface area contributed by atoms with E-state index < -0.39 is 0 Å². The molecule has 0 atom stereocenters. The minimum Gasteiger partial charge on any atom is -0.354 e. The van der Waals surface area contributed by atoms with Gasteiger partial charge in [0.05, 0.1) is 0 Å². The molecule has 4 nitrogen and oxygen atoms in total. The lowest BCUT2D eigenvalue weighted by molar-refractivity contribution is 1.17. The largest absolute Gasteiger partial charge is 0.354 e. The van der Waals surface area contributed by atoms with Gasteiger partial charge in [-0.3, -0.25) is 0 Å². The molecule has 0 fully saturated rings. The predicted octanol–water partition coefficient (Wildman–Crippen LogP) is 9.66. The summed E-state index contributed by atoms with van der Waals surface area (Å²) in [6.07, 6.45) is 0. The maximum absolute atomic E-state index is 4.00. The topological polar surface area (TPSA) is 63.2 Å². The Morgan fingerprint density at radius 2 is 0.759 bits per heavy atom. The third-order valence-corrected chi connectivity index (χ3v) is 12.4. The lowest BCUT2D eigenvalue weighted by Crippen LogP contribution is -2.20. The fourth-order valence-electron chi connectivity index (χ4n) is 9.47. The van der Waals surface area contributed by atoms with E-state index in [0.29, 0.717) is 0 Å². The van der Waals surface area contributed by atoms with E-state index >= 15 is 0 Å². The number of nitrogens with one attached hydrogen (secondary N) is 4. The van der Waals surface area contributed by atoms with Crippen molar-refractivity contribution >= 4 is 38.2 Å². The van der Waals surface area contributed by atoms with Gasteiger partial charge in [-0.15, -0.1) is 0 Å². The normalized spacial score (nSPS) is 12.8. The van der Waals surface area contributed by atoms with Crippen LogP contribution in [0.15, 0.2) is 115 Å². The highest BCUT2D eigenvalue weighted by molar-refractivity contribution is 9.08. The van der Waals surface area contributed by atoms with Gasteiger partial charge in [-0.2, -0.15) is 0 Å². The van der Waals surface area contributed by atoms with Crippen LogP contribution in [-0.2, 0) is 5.33 Å². The molecule has 0 amide bonds. The van der Waals surface area contributed by atoms with Crippen molar-refractivity contribution in [1.29, 1.82) is 0 Å². The number of hydrogen-bond donors (Lipinski definition) is 4. The molecule has 8 bridgehead atoms. The Morgan fingerprint density at radius 3 is 1.21 bits per heavy atom. The summed E-state index contributed by atoms with van der Waals surface area (Å²) in [5, 5.41) is 5.02. The Balaban J connectivity index is 1.47. The molecule has 0 saturated carbocycles. The molecule has 8 aromatic rings. The van der Waals surface area contributed by atoms with Crippen molar-refractivity contribution in [3.05, 3.63) is 232 Å². The van der Waals surface area contributed by atoms with Crippen molar-refractivity contribution in [3.8, 4) is 0 Å². The molecule has 58 heavy (non-hydrogen) atoms. The molecule has 4 aromatic carbocycles. The first-order valence-electron chi connectivity index (χ1n) is 20.1. The number of benzene rings is 4. The summed E-state index contributed by atoms with van der Waals surface area (Å²) in [6, 6.07) is 42.9. The molecule has 1 aliphatic rings. The lowest BCUT2D eigenvalue weighted by Gasteiger charge is -2.16. The van der Waals surface area contributed by atoms with Crippen LogP contribution in [-0.4, -0.2) is 19.9 Å². The van der Waals surface area contributed by atoms with Crippen LogP contribution in [0.1, 0.15) is 95.1 Å². The summed E-state index contributed by atoms with van der Waals surface area (Å²) in [5.74, 6) is 0. The van der Waals surface area contributed by atoms with Gasteiger partial charge in [-0.05, 0) is 160 Å². The lowest BCUT2D eigenvalue weighted by atomic mass is 9.91. The van der Waals surface area contributed by atoms with Gasteiger partial charge < -0.3 is 19.9 Å². The molecule has 288 valence electrons. The van der Waals surface area contributed by atoms with Gasteiger partial charge >= 0.3 is 0 Å². The van der Waals surface area contributed by atoms with E-state index in [4.69, 9.17) is 0 Å². The van der Waals surface area contributed by atoms with Crippen LogP contribution in [0.5, 0.6) is 0 Å². The number of rotatable bonds is 5. The maximum Gasteiger partial charge on any atom is 0.0486 e. The standard InChI is InChI=1S/C53H49BrN4/c1-29-9-14-39(32(4)23-29)51-42-17-15-40(55-42)50(38-12-10-37(28-54)11-13-38)41-16-19-44(56-41)52(48-33(5)24-30(2)25-34(48)6)46-21-22-47(58-46)53(45-20-18-43(51)57-45)49-35(7)26-31(3)27-36(49)8/h9-27,55-58H,28H2,1-8H3. The van der Waals surface area contributed by atoms with Crippen molar-refractivity contribution in [2.45, 2.75) is 60.7 Å². The Bertz CT molecular complexity index is 3130. The number of H-pyrrole nitrogens is 4. The summed E-state index contributed by atoms with van der Waals surface area (Å²) in [5.41, 5.74) is 24.8. The van der Waals surface area contributed by atoms with Crippen LogP contribution in [0, 0.1) is 55.4 Å². The van der Waals surface area contributed by atoms with Gasteiger partial charge in [-0.1, -0.05) is 99.4 Å². The van der Waals surface area contributed by atoms with Crippen molar-refractivity contribution < 1.29 is 0 Å². The Kier molecular flexibility index (Phi) is 9.52. The number of hydrogen-bond acceptors (Lipinski definition) is 0. The molecule has 0 spiro atoms. The smallest absolute Gasteiger partial charge is 0.0486 e. The minimum absolute atomic E-state index is 0.808. The van der Waals surface area contributed by atoms with Gasteiger partial charge in [0.1, 0.15) is 0 Å². The SMILES string of the molecule is Cc1ccc(C2=c3ccc([nH]3)=C(c3c(C)cc(C)cc3C)c3ccc([nH]3)C(c3c(C)cc(C)cc3C)=c3ccc([nH]3)=C(c3ccc(CBr)cc3)c3ccc2[nH]3)c(C)c1. The minimum atomic E-state index is 0.808. The fourth-order valence-corrected chi connectivity index (χ4v) is 9.84. The second-order valence-corrected chi connectivity index (χ2v) is 16.9. The summed E-state index contributed by atoms with van der Waals surface area (Å²) in [4.78, 5) is 15.9. The number of fused-ring (bicyclic) bond motifs is 8. The Hall–Kier alpha value is -6.04. The van der Waals surface area contributed by atoms with Gasteiger partial charge in [0.15, 0.2) is 0 Å². The molecule has 0 radical (unpaired) electrons. The highest BCUT2D eigenvalue weighted by Gasteiger charge is 2.22. The molecule has 9 rings (SSSR count). The van der Waals surface area contributed by atoms with Crippen molar-refractivity contribution in [2.24, 2.45) is 0 Å². The Morgan fingerprint density at radius 1 is 0.362 bits per heavy atom. The zero-order chi connectivity index (χ0) is 40.4. The van der Waals surface area contributed by atoms with Gasteiger partial charge in [0, 0.05) is 71.8 Å². The zero-order valence-corrected chi connectivity index (χ0v) is 36.1. The highest BCUT2D eigenvalue weighted by atomic mass is 79.9. The van der Waals surface area contributed by atoms with Crippen molar-refractivity contribution in [2.75, 3.05) is 0 Å². The highest BCUT2D eigenvalue weighted by Crippen LogP contribution is 2.33. The number of aromatic amines is 4. The molecule has 1 aliphatic heterocycles. The van der Waals surface area contributed by atoms with Crippen molar-refractivity contribution in [1.82, 2.24) is 19.9 Å². The monoisotopic (exact) mass is 820 g/mol. The second-order valence-electron chi connectivity index (χ2n) is 16.3. The van der Waals surface area contributed by atoms with Crippen molar-refractivity contribution in [3.63, 3.8) is 0 Å². The average molecular weight is 822 g/mol. The zero-order valence-electron chi connectivity index (χ0n) is 34.6. The van der Waals surface area contributed by atoms with Crippen LogP contribution < -0.4 is 21.4 Å². The van der Waals surface area contributed by atoms with Gasteiger partial charge in [0.2, 0.25) is 0 Å². The molecule has 4 aromatic heterocycles. The van der Waals surface area contributed by atoms with Crippen LogP contribution in [0.3, 0.4) is 0 Å². The summed E-state index contributed by atoms with van der Waals surface area (Å²) in [6.45, 7) is 17.7. The Labute approximate surface area is 349 Å². The maximum atomic E-state index is 4.00. The molecule has 0 aliphatic carbocycles. The fraction of sp³-hybridized carbons (Fsp3) is 0.170. The number of halogens is 1. The molecule has 4 N–H and O–H groups in total. The molecular weight excluding hydrogens is 773 g/mol. The van der Waals surface area contributed by atoms with E-state index in [-0.39, 0.29) is 0 Å².